The van der Waals surface area contributed by atoms with Crippen LogP contribution in [0.15, 0.2) is 78.9 Å². The number of hydrogen-bond acceptors (Lipinski definition) is 0. The van der Waals surface area contributed by atoms with Crippen molar-refractivity contribution in [1.29, 1.82) is 0 Å². The van der Waals surface area contributed by atoms with E-state index in [1.54, 1.807) is 12.1 Å². The minimum Gasteiger partial charge on any atom is -0.166 e. The Hall–Kier alpha value is -3.33. The van der Waals surface area contributed by atoms with Crippen molar-refractivity contribution in [3.63, 3.8) is 0 Å². The van der Waals surface area contributed by atoms with Crippen molar-refractivity contribution in [2.24, 2.45) is 0 Å². The highest BCUT2D eigenvalue weighted by atomic mass is 19.4. The summed E-state index contributed by atoms with van der Waals surface area (Å²) in [6, 6.07) is 25.3. The molecule has 0 nitrogen and oxygen atoms in total. The molecule has 0 saturated heterocycles. The van der Waals surface area contributed by atoms with E-state index in [1.165, 1.54) is 51.1 Å². The molecule has 0 fully saturated rings. The summed E-state index contributed by atoms with van der Waals surface area (Å²) in [5.74, 6) is 0. The molecular weight excluding hydrogens is 465 g/mol. The average Bonchev–Trinajstić information content (AvgIpc) is 3.18. The second kappa shape index (κ2) is 8.62. The molecule has 0 bridgehead atoms. The van der Waals surface area contributed by atoms with Gasteiger partial charge < -0.3 is 0 Å². The van der Waals surface area contributed by atoms with Crippen LogP contribution in [-0.2, 0) is 23.4 Å². The Balaban J connectivity index is 1.69. The third-order valence-corrected chi connectivity index (χ3v) is 7.38. The van der Waals surface area contributed by atoms with Gasteiger partial charge in [0, 0.05) is 0 Å². The summed E-state index contributed by atoms with van der Waals surface area (Å²) < 4.78 is 39.6. The maximum atomic E-state index is 13.2. The van der Waals surface area contributed by atoms with Crippen molar-refractivity contribution in [3.8, 4) is 33.4 Å². The van der Waals surface area contributed by atoms with Crippen LogP contribution in [0.2, 0.25) is 0 Å². The molecule has 0 aliphatic heterocycles. The van der Waals surface area contributed by atoms with Gasteiger partial charge in [0.2, 0.25) is 0 Å². The molecule has 190 valence electrons. The van der Waals surface area contributed by atoms with Crippen molar-refractivity contribution in [1.82, 2.24) is 0 Å². The molecule has 1 aliphatic rings. The first-order chi connectivity index (χ1) is 17.2. The molecule has 0 unspecified atom stereocenters. The quantitative estimate of drug-likeness (QED) is 0.227. The SMILES string of the molecule is CC(C)(C)c1cc2c(cc1-c1ccccc1)Cc1cc(-c3ccc(C(F)(F)F)cc3)c(C(C)(C)C)cc1-2. The van der Waals surface area contributed by atoms with Crippen LogP contribution in [0.4, 0.5) is 13.2 Å². The summed E-state index contributed by atoms with van der Waals surface area (Å²) in [5, 5.41) is 0. The molecule has 0 saturated carbocycles. The first-order valence-corrected chi connectivity index (χ1v) is 12.8. The number of halogens is 3. The van der Waals surface area contributed by atoms with Gasteiger partial charge in [0.1, 0.15) is 0 Å². The second-order valence-electron chi connectivity index (χ2n) is 12.2. The highest BCUT2D eigenvalue weighted by molar-refractivity contribution is 5.86. The van der Waals surface area contributed by atoms with Crippen LogP contribution in [0, 0.1) is 0 Å². The average molecular weight is 499 g/mol. The van der Waals surface area contributed by atoms with Gasteiger partial charge in [-0.1, -0.05) is 84.0 Å². The third-order valence-electron chi connectivity index (χ3n) is 7.38. The highest BCUT2D eigenvalue weighted by Crippen LogP contribution is 2.47. The summed E-state index contributed by atoms with van der Waals surface area (Å²) in [6.45, 7) is 13.3. The van der Waals surface area contributed by atoms with Crippen LogP contribution in [0.25, 0.3) is 33.4 Å². The zero-order valence-corrected chi connectivity index (χ0v) is 22.3. The largest absolute Gasteiger partial charge is 0.416 e. The van der Waals surface area contributed by atoms with Crippen molar-refractivity contribution < 1.29 is 13.2 Å². The molecule has 3 heteroatoms. The standard InChI is InChI=1S/C34H33F3/c1-32(2,3)30-19-26-23(17-28(30)21-10-8-7-9-11-21)16-24-18-29(31(20-27(24)26)33(4,5)6)22-12-14-25(15-13-22)34(35,36)37/h7-15,17-20H,16H2,1-6H3. The van der Waals surface area contributed by atoms with Crippen LogP contribution < -0.4 is 0 Å². The van der Waals surface area contributed by atoms with Crippen molar-refractivity contribution in [2.75, 3.05) is 0 Å². The molecule has 0 radical (unpaired) electrons. The molecule has 0 atom stereocenters. The van der Waals surface area contributed by atoms with Gasteiger partial charge in [0.25, 0.3) is 0 Å². The lowest BCUT2D eigenvalue weighted by atomic mass is 9.78. The summed E-state index contributed by atoms with van der Waals surface area (Å²) in [6.07, 6.45) is -3.53. The molecule has 0 heterocycles. The number of alkyl halides is 3. The van der Waals surface area contributed by atoms with Crippen molar-refractivity contribution in [2.45, 2.75) is 65.0 Å². The van der Waals surface area contributed by atoms with Crippen LogP contribution in [-0.4, -0.2) is 0 Å². The van der Waals surface area contributed by atoms with Gasteiger partial charge in [0.05, 0.1) is 5.56 Å². The van der Waals surface area contributed by atoms with Crippen molar-refractivity contribution in [3.05, 3.63) is 107 Å². The first-order valence-electron chi connectivity index (χ1n) is 12.8. The summed E-state index contributed by atoms with van der Waals surface area (Å²) in [4.78, 5) is 0. The normalized spacial score (nSPS) is 13.4. The third kappa shape index (κ3) is 4.72. The number of hydrogen-bond donors (Lipinski definition) is 0. The first kappa shape index (κ1) is 25.3. The van der Waals surface area contributed by atoms with Gasteiger partial charge in [-0.25, -0.2) is 0 Å². The van der Waals surface area contributed by atoms with Gasteiger partial charge >= 0.3 is 6.18 Å². The van der Waals surface area contributed by atoms with Gasteiger partial charge in [-0.3, -0.25) is 0 Å². The Labute approximate surface area is 218 Å². The van der Waals surface area contributed by atoms with Gasteiger partial charge in [-0.2, -0.15) is 13.2 Å². The van der Waals surface area contributed by atoms with E-state index in [4.69, 9.17) is 0 Å². The zero-order valence-electron chi connectivity index (χ0n) is 22.3. The van der Waals surface area contributed by atoms with E-state index in [2.05, 4.69) is 90.1 Å². The molecule has 0 spiro atoms. The fraction of sp³-hybridized carbons (Fsp3) is 0.294. The predicted molar refractivity (Wildman–Crippen MR) is 148 cm³/mol. The van der Waals surface area contributed by atoms with E-state index in [9.17, 15) is 13.2 Å². The molecule has 5 rings (SSSR count). The molecular formula is C34H33F3. The highest BCUT2D eigenvalue weighted by Gasteiger charge is 2.31. The Morgan fingerprint density at radius 2 is 0.946 bits per heavy atom. The number of benzene rings is 4. The summed E-state index contributed by atoms with van der Waals surface area (Å²) in [7, 11) is 0. The smallest absolute Gasteiger partial charge is 0.166 e. The van der Waals surface area contributed by atoms with Gasteiger partial charge in [0.15, 0.2) is 0 Å². The topological polar surface area (TPSA) is 0 Å². The minimum atomic E-state index is -4.34. The predicted octanol–water partition coefficient (Wildman–Crippen LogP) is 10.2. The number of rotatable bonds is 2. The Morgan fingerprint density at radius 3 is 1.35 bits per heavy atom. The van der Waals surface area contributed by atoms with E-state index in [0.717, 1.165) is 23.1 Å². The van der Waals surface area contributed by atoms with E-state index < -0.39 is 11.7 Å². The maximum absolute atomic E-state index is 13.2. The van der Waals surface area contributed by atoms with Gasteiger partial charge in [-0.05, 0) is 109 Å². The number of fused-ring (bicyclic) bond motifs is 3. The van der Waals surface area contributed by atoms with E-state index in [-0.39, 0.29) is 10.8 Å². The lowest BCUT2D eigenvalue weighted by Crippen LogP contribution is -2.14. The monoisotopic (exact) mass is 498 g/mol. The molecule has 1 aliphatic carbocycles. The molecule has 4 aromatic carbocycles. The van der Waals surface area contributed by atoms with E-state index >= 15 is 0 Å². The maximum Gasteiger partial charge on any atom is 0.416 e. The molecule has 37 heavy (non-hydrogen) atoms. The molecule has 0 amide bonds. The fourth-order valence-corrected chi connectivity index (χ4v) is 5.46. The molecule has 0 N–H and O–H groups in total. The minimum absolute atomic E-state index is 0.0318. The van der Waals surface area contributed by atoms with Crippen LogP contribution in [0.3, 0.4) is 0 Å². The molecule has 0 aromatic heterocycles. The summed E-state index contributed by atoms with van der Waals surface area (Å²) >= 11 is 0. The van der Waals surface area contributed by atoms with Crippen LogP contribution in [0.5, 0.6) is 0 Å². The van der Waals surface area contributed by atoms with Crippen molar-refractivity contribution >= 4 is 0 Å². The lowest BCUT2D eigenvalue weighted by Gasteiger charge is -2.26. The van der Waals surface area contributed by atoms with E-state index in [0.29, 0.717) is 0 Å². The van der Waals surface area contributed by atoms with Crippen LogP contribution in [0.1, 0.15) is 69.4 Å². The van der Waals surface area contributed by atoms with Gasteiger partial charge in [-0.15, -0.1) is 0 Å². The Kier molecular flexibility index (Phi) is 5.90. The Morgan fingerprint density at radius 1 is 0.514 bits per heavy atom. The second-order valence-corrected chi connectivity index (χ2v) is 12.2. The van der Waals surface area contributed by atoms with Crippen LogP contribution >= 0.6 is 0 Å². The fourth-order valence-electron chi connectivity index (χ4n) is 5.46. The lowest BCUT2D eigenvalue weighted by molar-refractivity contribution is -0.137. The zero-order chi connectivity index (χ0) is 26.8. The molecule has 4 aromatic rings. The Bertz CT molecular complexity index is 1460. The summed E-state index contributed by atoms with van der Waals surface area (Å²) in [5.41, 5.74) is 11.0. The van der Waals surface area contributed by atoms with E-state index in [1.807, 2.05) is 6.07 Å².